The van der Waals surface area contributed by atoms with E-state index in [2.05, 4.69) is 10.0 Å². The van der Waals surface area contributed by atoms with Crippen molar-refractivity contribution in [1.29, 1.82) is 0 Å². The van der Waals surface area contributed by atoms with Crippen molar-refractivity contribution in [3.05, 3.63) is 40.0 Å². The van der Waals surface area contributed by atoms with E-state index >= 15 is 0 Å². The molecule has 5 heteroatoms. The lowest BCUT2D eigenvalue weighted by Gasteiger charge is -1.99. The van der Waals surface area contributed by atoms with Crippen LogP contribution in [0.5, 0.6) is 5.75 Å². The minimum atomic E-state index is -0.708. The molecule has 0 aromatic heterocycles. The fourth-order valence-corrected chi connectivity index (χ4v) is 0.795. The molecule has 1 aromatic rings. The summed E-state index contributed by atoms with van der Waals surface area (Å²) in [6.07, 6.45) is 0. The third-order valence-electron chi connectivity index (χ3n) is 1.37. The van der Waals surface area contributed by atoms with E-state index in [0.717, 1.165) is 6.07 Å². The van der Waals surface area contributed by atoms with E-state index in [4.69, 9.17) is 10.6 Å². The van der Waals surface area contributed by atoms with Crippen molar-refractivity contribution in [1.82, 2.24) is 0 Å². The molecule has 4 nitrogen and oxygen atoms in total. The first kappa shape index (κ1) is 8.36. The molecule has 0 bridgehead atoms. The van der Waals surface area contributed by atoms with Crippen LogP contribution >= 0.6 is 0 Å². The Hall–Kier alpha value is -1.74. The Bertz CT molecular complexity index is 333. The average Bonchev–Trinajstić information content (AvgIpc) is 2.08. The molecule has 0 saturated heterocycles. The molecule has 12 heavy (non-hydrogen) atoms. The second-order valence-electron chi connectivity index (χ2n) is 2.14. The number of phenolic OH excluding ortho intramolecular Hbond substituents is 1. The minimum absolute atomic E-state index is 0.0416. The molecule has 0 aliphatic rings. The van der Waals surface area contributed by atoms with Crippen LogP contribution in [0.2, 0.25) is 0 Å². The first-order valence-corrected chi connectivity index (χ1v) is 3.23. The molecule has 1 aromatic carbocycles. The van der Waals surface area contributed by atoms with Crippen LogP contribution in [0.25, 0.3) is 10.4 Å². The van der Waals surface area contributed by atoms with Crippen LogP contribution in [0.1, 0.15) is 5.56 Å². The Kier molecular flexibility index (Phi) is 2.50. The quantitative estimate of drug-likeness (QED) is 0.410. The van der Waals surface area contributed by atoms with Gasteiger partial charge in [0.15, 0.2) is 11.6 Å². The van der Waals surface area contributed by atoms with Gasteiger partial charge < -0.3 is 5.11 Å². The third-order valence-corrected chi connectivity index (χ3v) is 1.37. The van der Waals surface area contributed by atoms with E-state index in [-0.39, 0.29) is 12.1 Å². The maximum Gasteiger partial charge on any atom is 0.165 e. The highest BCUT2D eigenvalue weighted by atomic mass is 19.1. The minimum Gasteiger partial charge on any atom is -0.505 e. The summed E-state index contributed by atoms with van der Waals surface area (Å²) >= 11 is 0. The molecule has 0 fully saturated rings. The molecular formula is C7H6FN3O. The number of phenols is 1. The van der Waals surface area contributed by atoms with E-state index in [0.29, 0.717) is 0 Å². The maximum atomic E-state index is 12.6. The molecule has 0 heterocycles. The predicted octanol–water partition coefficient (Wildman–Crippen LogP) is 2.34. The van der Waals surface area contributed by atoms with Gasteiger partial charge in [-0.1, -0.05) is 17.2 Å². The first-order chi connectivity index (χ1) is 5.75. The van der Waals surface area contributed by atoms with Crippen molar-refractivity contribution in [2.24, 2.45) is 5.11 Å². The molecule has 0 unspecified atom stereocenters. The lowest BCUT2D eigenvalue weighted by molar-refractivity contribution is 0.426. The van der Waals surface area contributed by atoms with Gasteiger partial charge in [0, 0.05) is 10.5 Å². The van der Waals surface area contributed by atoms with Crippen LogP contribution in [0, 0.1) is 5.82 Å². The number of aromatic hydroxyl groups is 1. The van der Waals surface area contributed by atoms with Gasteiger partial charge in [-0.2, -0.15) is 0 Å². The van der Waals surface area contributed by atoms with Crippen LogP contribution in [-0.4, -0.2) is 5.11 Å². The molecule has 1 N–H and O–H groups in total. The van der Waals surface area contributed by atoms with Crippen molar-refractivity contribution < 1.29 is 9.50 Å². The lowest BCUT2D eigenvalue weighted by Crippen LogP contribution is -1.84. The normalized spacial score (nSPS) is 9.08. The summed E-state index contributed by atoms with van der Waals surface area (Å²) in [5, 5.41) is 12.3. The van der Waals surface area contributed by atoms with Gasteiger partial charge in [0.05, 0.1) is 6.54 Å². The fourth-order valence-electron chi connectivity index (χ4n) is 0.795. The Morgan fingerprint density at radius 3 is 3.00 bits per heavy atom. The summed E-state index contributed by atoms with van der Waals surface area (Å²) < 4.78 is 12.6. The van der Waals surface area contributed by atoms with Gasteiger partial charge in [0.1, 0.15) is 0 Å². The second-order valence-corrected chi connectivity index (χ2v) is 2.14. The van der Waals surface area contributed by atoms with Crippen LogP contribution in [0.4, 0.5) is 4.39 Å². The summed E-state index contributed by atoms with van der Waals surface area (Å²) in [6.45, 7) is -0.0416. The molecule has 62 valence electrons. The average molecular weight is 167 g/mol. The molecule has 0 saturated carbocycles. The topological polar surface area (TPSA) is 69.0 Å². The van der Waals surface area contributed by atoms with Crippen molar-refractivity contribution in [2.75, 3.05) is 0 Å². The number of azide groups is 1. The van der Waals surface area contributed by atoms with Crippen molar-refractivity contribution in [3.8, 4) is 5.75 Å². The molecule has 0 spiro atoms. The van der Waals surface area contributed by atoms with Crippen LogP contribution in [0.3, 0.4) is 0 Å². The highest BCUT2D eigenvalue weighted by Crippen LogP contribution is 2.21. The van der Waals surface area contributed by atoms with Gasteiger partial charge in [-0.3, -0.25) is 0 Å². The zero-order valence-corrected chi connectivity index (χ0v) is 6.11. The summed E-state index contributed by atoms with van der Waals surface area (Å²) in [5.74, 6) is -1.16. The molecule has 0 amide bonds. The fraction of sp³-hybridized carbons (Fsp3) is 0.143. The summed E-state index contributed by atoms with van der Waals surface area (Å²) in [6, 6.07) is 4.07. The number of hydrogen-bond donors (Lipinski definition) is 1. The molecule has 0 aliphatic heterocycles. The van der Waals surface area contributed by atoms with E-state index < -0.39 is 11.6 Å². The third kappa shape index (κ3) is 1.65. The first-order valence-electron chi connectivity index (χ1n) is 3.23. The van der Waals surface area contributed by atoms with Gasteiger partial charge in [0.2, 0.25) is 0 Å². The maximum absolute atomic E-state index is 12.6. The van der Waals surface area contributed by atoms with Gasteiger partial charge in [-0.15, -0.1) is 0 Å². The number of benzene rings is 1. The van der Waals surface area contributed by atoms with E-state index in [9.17, 15) is 4.39 Å². The highest BCUT2D eigenvalue weighted by Gasteiger charge is 2.03. The van der Waals surface area contributed by atoms with Crippen LogP contribution in [0.15, 0.2) is 23.3 Å². The molecular weight excluding hydrogens is 161 g/mol. The van der Waals surface area contributed by atoms with Gasteiger partial charge in [0.25, 0.3) is 0 Å². The van der Waals surface area contributed by atoms with Crippen molar-refractivity contribution in [2.45, 2.75) is 6.54 Å². The van der Waals surface area contributed by atoms with Gasteiger partial charge in [-0.25, -0.2) is 4.39 Å². The van der Waals surface area contributed by atoms with E-state index in [1.807, 2.05) is 0 Å². The zero-order chi connectivity index (χ0) is 8.97. The molecule has 0 radical (unpaired) electrons. The SMILES string of the molecule is [N-]=[N+]=NCc1cccc(F)c1O. The van der Waals surface area contributed by atoms with E-state index in [1.54, 1.807) is 0 Å². The number of halogens is 1. The monoisotopic (exact) mass is 167 g/mol. The number of hydrogen-bond acceptors (Lipinski definition) is 2. The smallest absolute Gasteiger partial charge is 0.165 e. The van der Waals surface area contributed by atoms with E-state index in [1.165, 1.54) is 12.1 Å². The van der Waals surface area contributed by atoms with Gasteiger partial charge >= 0.3 is 0 Å². The van der Waals surface area contributed by atoms with Crippen molar-refractivity contribution >= 4 is 0 Å². The number of rotatable bonds is 2. The predicted molar refractivity (Wildman–Crippen MR) is 40.9 cm³/mol. The standard InChI is InChI=1S/C7H6FN3O/c8-6-3-1-2-5(7(6)12)4-10-11-9/h1-3,12H,4H2. The summed E-state index contributed by atoms with van der Waals surface area (Å²) in [7, 11) is 0. The summed E-state index contributed by atoms with van der Waals surface area (Å²) in [5.41, 5.74) is 8.26. The van der Waals surface area contributed by atoms with Crippen molar-refractivity contribution in [3.63, 3.8) is 0 Å². The second kappa shape index (κ2) is 3.59. The molecule has 0 aliphatic carbocycles. The van der Waals surface area contributed by atoms with Crippen LogP contribution in [-0.2, 0) is 6.54 Å². The number of para-hydroxylation sites is 1. The highest BCUT2D eigenvalue weighted by molar-refractivity contribution is 5.33. The molecule has 1 rings (SSSR count). The Morgan fingerprint density at radius 1 is 1.58 bits per heavy atom. The Balaban J connectivity index is 2.99. The van der Waals surface area contributed by atoms with Crippen LogP contribution < -0.4 is 0 Å². The number of nitrogens with zero attached hydrogens (tertiary/aromatic N) is 3. The summed E-state index contributed by atoms with van der Waals surface area (Å²) in [4.78, 5) is 2.49. The van der Waals surface area contributed by atoms with Gasteiger partial charge in [-0.05, 0) is 11.6 Å². The largest absolute Gasteiger partial charge is 0.505 e. The lowest BCUT2D eigenvalue weighted by atomic mass is 10.2. The Morgan fingerprint density at radius 2 is 2.33 bits per heavy atom. The zero-order valence-electron chi connectivity index (χ0n) is 6.11. The Labute approximate surface area is 67.9 Å². The molecule has 0 atom stereocenters.